The number of hydrogen-bond donors (Lipinski definition) is 0. The van der Waals surface area contributed by atoms with Crippen molar-refractivity contribution in [3.63, 3.8) is 0 Å². The second kappa shape index (κ2) is 6.65. The van der Waals surface area contributed by atoms with Crippen LogP contribution in [-0.4, -0.2) is 31.1 Å². The van der Waals surface area contributed by atoms with Gasteiger partial charge in [0.05, 0.1) is 24.7 Å². The fraction of sp³-hybridized carbons (Fsp3) is 0.286. The number of methoxy groups -OCH3 is 2. The summed E-state index contributed by atoms with van der Waals surface area (Å²) in [6.45, 7) is 3.49. The molecule has 0 atom stereocenters. The Balaban J connectivity index is 3.71. The van der Waals surface area contributed by atoms with Crippen LogP contribution in [0.1, 0.15) is 12.0 Å². The number of nitrogens with zero attached hydrogens (tertiary/aromatic N) is 1. The third-order valence-electron chi connectivity index (χ3n) is 3.08. The smallest absolute Gasteiger partial charge is 0.328 e. The highest BCUT2D eigenvalue weighted by atomic mass is 16.6. The van der Waals surface area contributed by atoms with E-state index >= 15 is 0 Å². The first-order valence-corrected chi connectivity index (χ1v) is 5.97. The highest BCUT2D eigenvalue weighted by molar-refractivity contribution is 6.07. The lowest BCUT2D eigenvalue weighted by molar-refractivity contribution is -0.386. The Kier molecular flexibility index (Phi) is 5.18. The van der Waals surface area contributed by atoms with Crippen molar-refractivity contribution in [2.75, 3.05) is 14.2 Å². The van der Waals surface area contributed by atoms with Gasteiger partial charge in [-0.1, -0.05) is 24.3 Å². The maximum Gasteiger partial charge on any atom is 0.328 e. The molecule has 0 radical (unpaired) electrons. The zero-order chi connectivity index (χ0) is 16.0. The van der Waals surface area contributed by atoms with E-state index in [2.05, 4.69) is 16.1 Å². The summed E-state index contributed by atoms with van der Waals surface area (Å²) >= 11 is 0. The number of nitro benzene ring substituents is 1. The molecule has 1 aromatic carbocycles. The quantitative estimate of drug-likeness (QED) is 0.261. The first-order chi connectivity index (χ1) is 9.95. The molecule has 0 saturated carbocycles. The van der Waals surface area contributed by atoms with Crippen molar-refractivity contribution in [3.8, 4) is 0 Å². The van der Waals surface area contributed by atoms with Crippen LogP contribution >= 0.6 is 0 Å². The van der Waals surface area contributed by atoms with E-state index in [-0.39, 0.29) is 17.7 Å². The minimum Gasteiger partial charge on any atom is -0.468 e. The third kappa shape index (κ3) is 2.76. The van der Waals surface area contributed by atoms with Crippen molar-refractivity contribution in [3.05, 3.63) is 52.6 Å². The standard InChI is InChI=1S/C14H15NO6/c1-4-9-14(12(16)20-2,13(17)21-3)10-7-5-6-8-11(10)15(18)19/h4-8H,1,9H2,2-3H3. The topological polar surface area (TPSA) is 95.7 Å². The van der Waals surface area contributed by atoms with Crippen molar-refractivity contribution in [1.82, 2.24) is 0 Å². The lowest BCUT2D eigenvalue weighted by Gasteiger charge is -2.27. The summed E-state index contributed by atoms with van der Waals surface area (Å²) in [5.41, 5.74) is -2.40. The van der Waals surface area contributed by atoms with Gasteiger partial charge in [-0.2, -0.15) is 0 Å². The van der Waals surface area contributed by atoms with Crippen LogP contribution in [-0.2, 0) is 24.5 Å². The number of allylic oxidation sites excluding steroid dienone is 1. The van der Waals surface area contributed by atoms with Crippen molar-refractivity contribution in [2.45, 2.75) is 11.8 Å². The minimum atomic E-state index is -1.95. The van der Waals surface area contributed by atoms with Crippen LogP contribution in [0, 0.1) is 10.1 Å². The first-order valence-electron chi connectivity index (χ1n) is 5.97. The number of hydrogen-bond acceptors (Lipinski definition) is 6. The van der Waals surface area contributed by atoms with Gasteiger partial charge in [-0.25, -0.2) is 0 Å². The first kappa shape index (κ1) is 16.4. The molecule has 0 aliphatic carbocycles. The van der Waals surface area contributed by atoms with Crippen LogP contribution in [0.4, 0.5) is 5.69 Å². The predicted molar refractivity (Wildman–Crippen MR) is 73.6 cm³/mol. The van der Waals surface area contributed by atoms with E-state index in [0.29, 0.717) is 0 Å². The van der Waals surface area contributed by atoms with Gasteiger partial charge in [0, 0.05) is 6.07 Å². The van der Waals surface area contributed by atoms with Gasteiger partial charge in [0.25, 0.3) is 5.69 Å². The van der Waals surface area contributed by atoms with E-state index in [1.807, 2.05) is 0 Å². The lowest BCUT2D eigenvalue weighted by atomic mass is 9.76. The van der Waals surface area contributed by atoms with Gasteiger partial charge in [-0.05, 0) is 6.42 Å². The highest BCUT2D eigenvalue weighted by Crippen LogP contribution is 2.37. The molecule has 1 aromatic rings. The molecule has 0 amide bonds. The highest BCUT2D eigenvalue weighted by Gasteiger charge is 2.52. The molecule has 112 valence electrons. The molecule has 0 saturated heterocycles. The molecule has 0 spiro atoms. The zero-order valence-corrected chi connectivity index (χ0v) is 11.7. The monoisotopic (exact) mass is 293 g/mol. The van der Waals surface area contributed by atoms with Gasteiger partial charge in [0.2, 0.25) is 0 Å². The summed E-state index contributed by atoms with van der Waals surface area (Å²) in [4.78, 5) is 34.9. The number of benzene rings is 1. The zero-order valence-electron chi connectivity index (χ0n) is 11.7. The molecule has 0 bridgehead atoms. The van der Waals surface area contributed by atoms with E-state index in [1.54, 1.807) is 0 Å². The summed E-state index contributed by atoms with van der Waals surface area (Å²) in [6.07, 6.45) is 1.13. The number of carbonyl (C=O) groups is 2. The van der Waals surface area contributed by atoms with Gasteiger partial charge in [0.1, 0.15) is 0 Å². The molecule has 0 fully saturated rings. The molecular formula is C14H15NO6. The SMILES string of the molecule is C=CCC(C(=O)OC)(C(=O)OC)c1ccccc1[N+](=O)[O-]. The van der Waals surface area contributed by atoms with Crippen LogP contribution in [0.3, 0.4) is 0 Å². The van der Waals surface area contributed by atoms with E-state index < -0.39 is 22.3 Å². The molecule has 1 rings (SSSR count). The number of para-hydroxylation sites is 1. The average Bonchev–Trinajstić information content (AvgIpc) is 2.51. The average molecular weight is 293 g/mol. The maximum absolute atomic E-state index is 12.2. The third-order valence-corrected chi connectivity index (χ3v) is 3.08. The molecule has 0 aromatic heterocycles. The Bertz CT molecular complexity index is 565. The Labute approximate surface area is 121 Å². The normalized spacial score (nSPS) is 10.6. The van der Waals surface area contributed by atoms with E-state index in [9.17, 15) is 19.7 Å². The van der Waals surface area contributed by atoms with E-state index in [0.717, 1.165) is 14.2 Å². The summed E-state index contributed by atoms with van der Waals surface area (Å²) in [6, 6.07) is 5.47. The Morgan fingerprint density at radius 1 is 1.29 bits per heavy atom. The number of nitro groups is 1. The van der Waals surface area contributed by atoms with Crippen LogP contribution in [0.2, 0.25) is 0 Å². The molecule has 0 aliphatic rings. The fourth-order valence-corrected chi connectivity index (χ4v) is 2.14. The summed E-state index contributed by atoms with van der Waals surface area (Å²) < 4.78 is 9.34. The molecular weight excluding hydrogens is 278 g/mol. The van der Waals surface area contributed by atoms with Crippen LogP contribution < -0.4 is 0 Å². The van der Waals surface area contributed by atoms with Gasteiger partial charge in [-0.15, -0.1) is 6.58 Å². The number of rotatable bonds is 6. The van der Waals surface area contributed by atoms with E-state index in [1.165, 1.54) is 30.3 Å². The largest absolute Gasteiger partial charge is 0.468 e. The number of esters is 2. The fourth-order valence-electron chi connectivity index (χ4n) is 2.14. The minimum absolute atomic E-state index is 0.0893. The number of ether oxygens (including phenoxy) is 2. The Morgan fingerprint density at radius 3 is 2.24 bits per heavy atom. The molecule has 7 nitrogen and oxygen atoms in total. The van der Waals surface area contributed by atoms with Crippen molar-refractivity contribution >= 4 is 17.6 Å². The van der Waals surface area contributed by atoms with Crippen LogP contribution in [0.15, 0.2) is 36.9 Å². The van der Waals surface area contributed by atoms with Crippen molar-refractivity contribution < 1.29 is 24.0 Å². The molecule has 0 unspecified atom stereocenters. The predicted octanol–water partition coefficient (Wildman–Crippen LogP) is 1.75. The van der Waals surface area contributed by atoms with Crippen molar-refractivity contribution in [1.29, 1.82) is 0 Å². The second-order valence-electron chi connectivity index (χ2n) is 4.16. The van der Waals surface area contributed by atoms with Crippen LogP contribution in [0.5, 0.6) is 0 Å². The van der Waals surface area contributed by atoms with Gasteiger partial charge in [0.15, 0.2) is 5.41 Å². The molecule has 0 N–H and O–H groups in total. The summed E-state index contributed by atoms with van der Waals surface area (Å²) in [5, 5.41) is 11.2. The Morgan fingerprint density at radius 2 is 1.81 bits per heavy atom. The summed E-state index contributed by atoms with van der Waals surface area (Å²) in [5.74, 6) is -1.88. The van der Waals surface area contributed by atoms with Gasteiger partial charge < -0.3 is 9.47 Å². The van der Waals surface area contributed by atoms with E-state index in [4.69, 9.17) is 0 Å². The molecule has 7 heteroatoms. The Hall–Kier alpha value is -2.70. The summed E-state index contributed by atoms with van der Waals surface area (Å²) in [7, 11) is 2.19. The maximum atomic E-state index is 12.2. The number of carbonyl (C=O) groups excluding carboxylic acids is 2. The van der Waals surface area contributed by atoms with Crippen LogP contribution in [0.25, 0.3) is 0 Å². The second-order valence-corrected chi connectivity index (χ2v) is 4.16. The lowest BCUT2D eigenvalue weighted by Crippen LogP contribution is -2.45. The molecule has 0 aliphatic heterocycles. The van der Waals surface area contributed by atoms with Gasteiger partial charge >= 0.3 is 11.9 Å². The van der Waals surface area contributed by atoms with Gasteiger partial charge in [-0.3, -0.25) is 19.7 Å². The molecule has 0 heterocycles. The van der Waals surface area contributed by atoms with Crippen molar-refractivity contribution in [2.24, 2.45) is 0 Å². The molecule has 21 heavy (non-hydrogen) atoms.